The maximum Gasteiger partial charge on any atom is 0.179 e. The summed E-state index contributed by atoms with van der Waals surface area (Å²) in [6, 6.07) is 1.92. The van der Waals surface area contributed by atoms with E-state index in [2.05, 4.69) is 0 Å². The van der Waals surface area contributed by atoms with E-state index in [0.717, 1.165) is 11.1 Å². The highest BCUT2D eigenvalue weighted by molar-refractivity contribution is 6.33. The molecule has 0 spiro atoms. The first-order valence-electron chi connectivity index (χ1n) is 5.49. The van der Waals surface area contributed by atoms with Crippen LogP contribution in [0.5, 0.6) is 11.5 Å². The fourth-order valence-corrected chi connectivity index (χ4v) is 2.17. The van der Waals surface area contributed by atoms with Gasteiger partial charge in [-0.25, -0.2) is 0 Å². The molecule has 0 aromatic heterocycles. The number of hydrogen-bond donors (Lipinski definition) is 1. The van der Waals surface area contributed by atoms with Crippen molar-refractivity contribution in [3.63, 3.8) is 0 Å². The van der Waals surface area contributed by atoms with Crippen LogP contribution in [0.4, 0.5) is 0 Å². The zero-order valence-corrected chi connectivity index (χ0v) is 11.8. The van der Waals surface area contributed by atoms with Crippen LogP contribution < -0.4 is 15.2 Å². The number of hydrogen-bond acceptors (Lipinski definition) is 3. The van der Waals surface area contributed by atoms with Gasteiger partial charge in [-0.3, -0.25) is 0 Å². The number of rotatable bonds is 4. The van der Waals surface area contributed by atoms with E-state index in [9.17, 15) is 0 Å². The van der Waals surface area contributed by atoms with Crippen LogP contribution in [0.15, 0.2) is 6.07 Å². The van der Waals surface area contributed by atoms with Gasteiger partial charge in [-0.2, -0.15) is 0 Å². The zero-order chi connectivity index (χ0) is 13.2. The van der Waals surface area contributed by atoms with Gasteiger partial charge in [-0.1, -0.05) is 11.6 Å². The Morgan fingerprint density at radius 2 is 1.88 bits per heavy atom. The van der Waals surface area contributed by atoms with E-state index >= 15 is 0 Å². The normalized spacial score (nSPS) is 11.5. The fraction of sp³-hybridized carbons (Fsp3) is 0.538. The van der Waals surface area contributed by atoms with Gasteiger partial charge in [0.25, 0.3) is 0 Å². The highest BCUT2D eigenvalue weighted by Crippen LogP contribution is 2.40. The van der Waals surface area contributed by atoms with Crippen LogP contribution in [0.3, 0.4) is 0 Å². The van der Waals surface area contributed by atoms with E-state index in [1.54, 1.807) is 14.2 Å². The van der Waals surface area contributed by atoms with E-state index in [4.69, 9.17) is 26.8 Å². The summed E-state index contributed by atoms with van der Waals surface area (Å²) in [6.07, 6.45) is 0.692. The summed E-state index contributed by atoms with van der Waals surface area (Å²) in [4.78, 5) is 0. The monoisotopic (exact) mass is 257 g/mol. The van der Waals surface area contributed by atoms with Gasteiger partial charge in [0.1, 0.15) is 0 Å². The van der Waals surface area contributed by atoms with E-state index in [0.29, 0.717) is 22.9 Å². The van der Waals surface area contributed by atoms with Crippen molar-refractivity contribution in [3.8, 4) is 11.5 Å². The van der Waals surface area contributed by atoms with Gasteiger partial charge in [0.15, 0.2) is 11.5 Å². The van der Waals surface area contributed by atoms with Crippen molar-refractivity contribution in [1.29, 1.82) is 0 Å². The average molecular weight is 258 g/mol. The molecule has 0 saturated carbocycles. The van der Waals surface area contributed by atoms with Crippen LogP contribution in [0.25, 0.3) is 0 Å². The molecule has 3 nitrogen and oxygen atoms in total. The molecule has 1 aromatic rings. The molecule has 0 aliphatic heterocycles. The van der Waals surface area contributed by atoms with Crippen LogP contribution in [0.2, 0.25) is 5.02 Å². The highest BCUT2D eigenvalue weighted by Gasteiger charge is 2.21. The maximum atomic E-state index is 6.34. The number of halogens is 1. The Hall–Kier alpha value is -0.930. The van der Waals surface area contributed by atoms with Crippen molar-refractivity contribution in [2.24, 2.45) is 5.73 Å². The van der Waals surface area contributed by atoms with Gasteiger partial charge in [0.05, 0.1) is 19.2 Å². The summed E-state index contributed by atoms with van der Waals surface area (Å²) in [5, 5.41) is 0.586. The molecule has 1 aromatic carbocycles. The van der Waals surface area contributed by atoms with E-state index in [1.807, 2.05) is 26.8 Å². The van der Waals surface area contributed by atoms with E-state index in [-0.39, 0.29) is 5.54 Å². The lowest BCUT2D eigenvalue weighted by Gasteiger charge is -2.22. The fourth-order valence-electron chi connectivity index (χ4n) is 1.78. The van der Waals surface area contributed by atoms with Crippen LogP contribution in [-0.2, 0) is 6.42 Å². The average Bonchev–Trinajstić information content (AvgIpc) is 2.22. The Bertz CT molecular complexity index is 411. The Morgan fingerprint density at radius 3 is 2.29 bits per heavy atom. The molecule has 0 unspecified atom stereocenters. The molecule has 0 radical (unpaired) electrons. The molecule has 2 N–H and O–H groups in total. The van der Waals surface area contributed by atoms with Crippen molar-refractivity contribution in [3.05, 3.63) is 22.2 Å². The lowest BCUT2D eigenvalue weighted by atomic mass is 9.93. The second-order valence-electron chi connectivity index (χ2n) is 4.89. The first-order valence-corrected chi connectivity index (χ1v) is 5.86. The smallest absolute Gasteiger partial charge is 0.179 e. The molecular formula is C13H20ClNO2. The lowest BCUT2D eigenvalue weighted by Crippen LogP contribution is -2.34. The maximum absolute atomic E-state index is 6.34. The predicted octanol–water partition coefficient (Wildman–Crippen LogP) is 2.95. The first-order chi connectivity index (χ1) is 7.80. The molecule has 0 aliphatic rings. The standard InChI is InChI=1S/C13H20ClNO2/c1-8-6-10(16-4)12(17-5)11(14)9(8)7-13(2,3)15/h6H,7,15H2,1-5H3. The van der Waals surface area contributed by atoms with Gasteiger partial charge in [0, 0.05) is 5.54 Å². The van der Waals surface area contributed by atoms with E-state index in [1.165, 1.54) is 0 Å². The molecule has 0 atom stereocenters. The molecule has 17 heavy (non-hydrogen) atoms. The lowest BCUT2D eigenvalue weighted by molar-refractivity contribution is 0.354. The van der Waals surface area contributed by atoms with Gasteiger partial charge in [-0.05, 0) is 44.4 Å². The SMILES string of the molecule is COc1cc(C)c(CC(C)(C)N)c(Cl)c1OC. The van der Waals surface area contributed by atoms with Crippen LogP contribution in [0, 0.1) is 6.92 Å². The van der Waals surface area contributed by atoms with Crippen LogP contribution >= 0.6 is 11.6 Å². The van der Waals surface area contributed by atoms with Crippen molar-refractivity contribution >= 4 is 11.6 Å². The van der Waals surface area contributed by atoms with Gasteiger partial charge in [-0.15, -0.1) is 0 Å². The molecule has 0 saturated heterocycles. The minimum absolute atomic E-state index is 0.312. The highest BCUT2D eigenvalue weighted by atomic mass is 35.5. The quantitative estimate of drug-likeness (QED) is 0.902. The minimum Gasteiger partial charge on any atom is -0.493 e. The number of ether oxygens (including phenoxy) is 2. The van der Waals surface area contributed by atoms with Gasteiger partial charge >= 0.3 is 0 Å². The van der Waals surface area contributed by atoms with Crippen LogP contribution in [-0.4, -0.2) is 19.8 Å². The number of aryl methyl sites for hydroxylation is 1. The largest absolute Gasteiger partial charge is 0.493 e. The second-order valence-corrected chi connectivity index (χ2v) is 5.26. The molecule has 0 heterocycles. The third-order valence-electron chi connectivity index (χ3n) is 2.57. The summed E-state index contributed by atoms with van der Waals surface area (Å²) in [5.74, 6) is 1.22. The van der Waals surface area contributed by atoms with Crippen molar-refractivity contribution in [2.45, 2.75) is 32.7 Å². The molecule has 0 fully saturated rings. The molecule has 1 rings (SSSR count). The zero-order valence-electron chi connectivity index (χ0n) is 11.1. The number of benzene rings is 1. The van der Waals surface area contributed by atoms with Crippen LogP contribution in [0.1, 0.15) is 25.0 Å². The number of methoxy groups -OCH3 is 2. The Labute approximate surface area is 108 Å². The van der Waals surface area contributed by atoms with Crippen molar-refractivity contribution in [1.82, 2.24) is 0 Å². The van der Waals surface area contributed by atoms with Gasteiger partial charge < -0.3 is 15.2 Å². The van der Waals surface area contributed by atoms with Gasteiger partial charge in [0.2, 0.25) is 0 Å². The summed E-state index contributed by atoms with van der Waals surface area (Å²) < 4.78 is 10.5. The molecule has 0 aliphatic carbocycles. The first kappa shape index (κ1) is 14.1. The molecular weight excluding hydrogens is 238 g/mol. The second kappa shape index (κ2) is 5.15. The summed E-state index contributed by atoms with van der Waals surface area (Å²) in [7, 11) is 3.18. The van der Waals surface area contributed by atoms with Crippen molar-refractivity contribution < 1.29 is 9.47 Å². The topological polar surface area (TPSA) is 44.5 Å². The summed E-state index contributed by atoms with van der Waals surface area (Å²) in [6.45, 7) is 5.94. The summed E-state index contributed by atoms with van der Waals surface area (Å²) in [5.41, 5.74) is 7.80. The number of nitrogens with two attached hydrogens (primary N) is 1. The minimum atomic E-state index is -0.312. The summed E-state index contributed by atoms with van der Waals surface area (Å²) >= 11 is 6.34. The molecule has 4 heteroatoms. The molecule has 0 amide bonds. The molecule has 96 valence electrons. The Balaban J connectivity index is 3.32. The third-order valence-corrected chi connectivity index (χ3v) is 2.97. The van der Waals surface area contributed by atoms with E-state index < -0.39 is 0 Å². The van der Waals surface area contributed by atoms with Crippen molar-refractivity contribution in [2.75, 3.05) is 14.2 Å². The predicted molar refractivity (Wildman–Crippen MR) is 71.3 cm³/mol. The molecule has 0 bridgehead atoms. The Kier molecular flexibility index (Phi) is 4.28. The third kappa shape index (κ3) is 3.27. The Morgan fingerprint density at radius 1 is 1.29 bits per heavy atom.